The molecule has 0 saturated heterocycles. The molecule has 0 spiro atoms. The molecule has 0 radical (unpaired) electrons. The van der Waals surface area contributed by atoms with Crippen LogP contribution in [0.3, 0.4) is 0 Å². The summed E-state index contributed by atoms with van der Waals surface area (Å²) in [5.41, 5.74) is 2.72. The van der Waals surface area contributed by atoms with Crippen LogP contribution in [0.1, 0.15) is 18.9 Å². The lowest BCUT2D eigenvalue weighted by Crippen LogP contribution is -2.31. The van der Waals surface area contributed by atoms with Crippen molar-refractivity contribution >= 4 is 23.2 Å². The molecule has 22 heavy (non-hydrogen) atoms. The number of amides is 2. The number of rotatable bonds is 5. The molecule has 0 aliphatic heterocycles. The summed E-state index contributed by atoms with van der Waals surface area (Å²) in [6.45, 7) is 3.86. The molecule has 0 aliphatic rings. The first-order valence-corrected chi connectivity index (χ1v) is 7.26. The van der Waals surface area contributed by atoms with Crippen LogP contribution in [0.15, 0.2) is 54.6 Å². The van der Waals surface area contributed by atoms with Gasteiger partial charge in [0.2, 0.25) is 11.8 Å². The summed E-state index contributed by atoms with van der Waals surface area (Å²) in [5, 5.41) is 2.84. The highest BCUT2D eigenvalue weighted by molar-refractivity contribution is 5.94. The number of aryl methyl sites for hydroxylation is 1. The Balaban J connectivity index is 1.93. The fraction of sp³-hybridized carbons (Fsp3) is 0.222. The number of nitrogens with one attached hydrogen (secondary N) is 1. The second kappa shape index (κ2) is 7.41. The highest BCUT2D eigenvalue weighted by atomic mass is 16.2. The second-order valence-electron chi connectivity index (χ2n) is 5.17. The number of anilines is 2. The topological polar surface area (TPSA) is 49.4 Å². The molecule has 2 aromatic carbocycles. The van der Waals surface area contributed by atoms with Gasteiger partial charge in [-0.25, -0.2) is 0 Å². The SMILES string of the molecule is CC(=O)N(CCC(=O)Nc1ccc(C)cc1)c1ccccc1. The van der Waals surface area contributed by atoms with Gasteiger partial charge in [-0.2, -0.15) is 0 Å². The highest BCUT2D eigenvalue weighted by Crippen LogP contribution is 2.14. The van der Waals surface area contributed by atoms with E-state index in [1.165, 1.54) is 6.92 Å². The van der Waals surface area contributed by atoms with Crippen LogP contribution in [0, 0.1) is 6.92 Å². The van der Waals surface area contributed by atoms with E-state index in [2.05, 4.69) is 5.32 Å². The Morgan fingerprint density at radius 1 is 1.00 bits per heavy atom. The summed E-state index contributed by atoms with van der Waals surface area (Å²) in [6, 6.07) is 17.0. The van der Waals surface area contributed by atoms with Gasteiger partial charge in [-0.15, -0.1) is 0 Å². The third kappa shape index (κ3) is 4.45. The van der Waals surface area contributed by atoms with Gasteiger partial charge in [-0.1, -0.05) is 35.9 Å². The zero-order chi connectivity index (χ0) is 15.9. The van der Waals surface area contributed by atoms with Crippen molar-refractivity contribution in [2.45, 2.75) is 20.3 Å². The van der Waals surface area contributed by atoms with Crippen molar-refractivity contribution in [2.75, 3.05) is 16.8 Å². The molecule has 2 rings (SSSR count). The van der Waals surface area contributed by atoms with E-state index in [1.54, 1.807) is 4.90 Å². The van der Waals surface area contributed by atoms with E-state index in [1.807, 2.05) is 61.5 Å². The van der Waals surface area contributed by atoms with Crippen LogP contribution in [0.2, 0.25) is 0 Å². The zero-order valence-electron chi connectivity index (χ0n) is 12.9. The van der Waals surface area contributed by atoms with Gasteiger partial charge in [0, 0.05) is 31.3 Å². The average molecular weight is 296 g/mol. The fourth-order valence-electron chi connectivity index (χ4n) is 2.15. The number of nitrogens with zero attached hydrogens (tertiary/aromatic N) is 1. The summed E-state index contributed by atoms with van der Waals surface area (Å²) >= 11 is 0. The van der Waals surface area contributed by atoms with E-state index in [0.717, 1.165) is 16.9 Å². The standard InChI is InChI=1S/C18H20N2O2/c1-14-8-10-16(11-9-14)19-18(22)12-13-20(15(2)21)17-6-4-3-5-7-17/h3-11H,12-13H2,1-2H3,(H,19,22). The van der Waals surface area contributed by atoms with E-state index in [9.17, 15) is 9.59 Å². The van der Waals surface area contributed by atoms with Gasteiger partial charge in [0.25, 0.3) is 0 Å². The lowest BCUT2D eigenvalue weighted by molar-refractivity contribution is -0.117. The molecule has 0 saturated carbocycles. The van der Waals surface area contributed by atoms with Gasteiger partial charge in [0.1, 0.15) is 0 Å². The van der Waals surface area contributed by atoms with Crippen molar-refractivity contribution in [1.29, 1.82) is 0 Å². The largest absolute Gasteiger partial charge is 0.326 e. The van der Waals surface area contributed by atoms with E-state index in [-0.39, 0.29) is 18.2 Å². The maximum atomic E-state index is 12.0. The minimum Gasteiger partial charge on any atom is -0.326 e. The van der Waals surface area contributed by atoms with E-state index in [0.29, 0.717) is 6.54 Å². The third-order valence-electron chi connectivity index (χ3n) is 3.35. The number of para-hydroxylation sites is 1. The average Bonchev–Trinajstić information content (AvgIpc) is 2.50. The summed E-state index contributed by atoms with van der Waals surface area (Å²) in [4.78, 5) is 25.4. The van der Waals surface area contributed by atoms with Gasteiger partial charge < -0.3 is 10.2 Å². The summed E-state index contributed by atoms with van der Waals surface area (Å²) in [5.74, 6) is -0.180. The maximum absolute atomic E-state index is 12.0. The molecule has 2 amide bonds. The molecule has 0 unspecified atom stereocenters. The molecule has 0 aliphatic carbocycles. The van der Waals surface area contributed by atoms with Crippen LogP contribution in [0.25, 0.3) is 0 Å². The molecular formula is C18H20N2O2. The molecule has 4 nitrogen and oxygen atoms in total. The number of carbonyl (C=O) groups excluding carboxylic acids is 2. The van der Waals surface area contributed by atoms with E-state index in [4.69, 9.17) is 0 Å². The zero-order valence-corrected chi connectivity index (χ0v) is 12.9. The van der Waals surface area contributed by atoms with Gasteiger partial charge in [-0.05, 0) is 31.2 Å². The molecule has 0 fully saturated rings. The molecule has 4 heteroatoms. The predicted octanol–water partition coefficient (Wildman–Crippen LogP) is 3.38. The third-order valence-corrected chi connectivity index (χ3v) is 3.35. The Labute approximate surface area is 130 Å². The van der Waals surface area contributed by atoms with Gasteiger partial charge in [-0.3, -0.25) is 9.59 Å². The first-order chi connectivity index (χ1) is 10.6. The van der Waals surface area contributed by atoms with Crippen LogP contribution in [0.5, 0.6) is 0 Å². The van der Waals surface area contributed by atoms with Crippen molar-refractivity contribution in [2.24, 2.45) is 0 Å². The van der Waals surface area contributed by atoms with Gasteiger partial charge in [0.05, 0.1) is 0 Å². The van der Waals surface area contributed by atoms with Crippen LogP contribution >= 0.6 is 0 Å². The lowest BCUT2D eigenvalue weighted by Gasteiger charge is -2.20. The van der Waals surface area contributed by atoms with Crippen molar-refractivity contribution in [3.8, 4) is 0 Å². The van der Waals surface area contributed by atoms with Crippen LogP contribution in [-0.2, 0) is 9.59 Å². The minimum absolute atomic E-state index is 0.0747. The Bertz CT molecular complexity index is 636. The molecular weight excluding hydrogens is 276 g/mol. The Kier molecular flexibility index (Phi) is 5.31. The monoisotopic (exact) mass is 296 g/mol. The molecule has 1 N–H and O–H groups in total. The van der Waals surface area contributed by atoms with Crippen molar-refractivity contribution in [3.05, 3.63) is 60.2 Å². The fourth-order valence-corrected chi connectivity index (χ4v) is 2.15. The predicted molar refractivity (Wildman–Crippen MR) is 88.9 cm³/mol. The molecule has 0 bridgehead atoms. The molecule has 114 valence electrons. The van der Waals surface area contributed by atoms with E-state index >= 15 is 0 Å². The van der Waals surface area contributed by atoms with E-state index < -0.39 is 0 Å². The molecule has 2 aromatic rings. The normalized spacial score (nSPS) is 10.1. The van der Waals surface area contributed by atoms with Crippen LogP contribution in [0.4, 0.5) is 11.4 Å². The molecule has 0 aromatic heterocycles. The molecule has 0 heterocycles. The summed E-state index contributed by atoms with van der Waals surface area (Å²) < 4.78 is 0. The molecule has 0 atom stereocenters. The summed E-state index contributed by atoms with van der Waals surface area (Å²) in [6.07, 6.45) is 0.252. The Hall–Kier alpha value is -2.62. The smallest absolute Gasteiger partial charge is 0.226 e. The first kappa shape index (κ1) is 15.8. The quantitative estimate of drug-likeness (QED) is 0.919. The highest BCUT2D eigenvalue weighted by Gasteiger charge is 2.13. The lowest BCUT2D eigenvalue weighted by atomic mass is 10.2. The van der Waals surface area contributed by atoms with Crippen LogP contribution < -0.4 is 10.2 Å². The maximum Gasteiger partial charge on any atom is 0.226 e. The Morgan fingerprint density at radius 3 is 2.23 bits per heavy atom. The van der Waals surface area contributed by atoms with Crippen LogP contribution in [-0.4, -0.2) is 18.4 Å². The van der Waals surface area contributed by atoms with Crippen molar-refractivity contribution in [3.63, 3.8) is 0 Å². The van der Waals surface area contributed by atoms with Gasteiger partial charge in [0.15, 0.2) is 0 Å². The number of carbonyl (C=O) groups is 2. The van der Waals surface area contributed by atoms with Gasteiger partial charge >= 0.3 is 0 Å². The number of hydrogen-bond acceptors (Lipinski definition) is 2. The number of benzene rings is 2. The summed E-state index contributed by atoms with van der Waals surface area (Å²) in [7, 11) is 0. The van der Waals surface area contributed by atoms with Crippen molar-refractivity contribution < 1.29 is 9.59 Å². The number of hydrogen-bond donors (Lipinski definition) is 1. The minimum atomic E-state index is -0.106. The first-order valence-electron chi connectivity index (χ1n) is 7.26. The second-order valence-corrected chi connectivity index (χ2v) is 5.17. The van der Waals surface area contributed by atoms with Crippen molar-refractivity contribution in [1.82, 2.24) is 0 Å². The Morgan fingerprint density at radius 2 is 1.64 bits per heavy atom.